The maximum atomic E-state index is 11.6. The summed E-state index contributed by atoms with van der Waals surface area (Å²) in [7, 11) is 3.23. The monoisotopic (exact) mass is 350 g/mol. The molecule has 0 radical (unpaired) electrons. The highest BCUT2D eigenvalue weighted by atomic mass is 32.1. The van der Waals surface area contributed by atoms with Gasteiger partial charge in [-0.25, -0.2) is 4.98 Å². The Morgan fingerprint density at radius 2 is 2.00 bits per heavy atom. The molecule has 1 aromatic heterocycles. The van der Waals surface area contributed by atoms with E-state index in [1.165, 1.54) is 11.3 Å². The van der Waals surface area contributed by atoms with E-state index in [1.807, 2.05) is 29.6 Å². The molecule has 0 aliphatic carbocycles. The fourth-order valence-corrected chi connectivity index (χ4v) is 2.81. The van der Waals surface area contributed by atoms with Gasteiger partial charge in [0.05, 0.1) is 26.0 Å². The van der Waals surface area contributed by atoms with Gasteiger partial charge in [0, 0.05) is 26.0 Å². The van der Waals surface area contributed by atoms with Crippen LogP contribution in [-0.2, 0) is 22.7 Å². The number of hydrogen-bond donors (Lipinski definition) is 0. The van der Waals surface area contributed by atoms with Crippen LogP contribution in [0.1, 0.15) is 17.6 Å². The average molecular weight is 350 g/mol. The maximum Gasteiger partial charge on any atom is 0.219 e. The van der Waals surface area contributed by atoms with E-state index < -0.39 is 0 Å². The zero-order valence-electron chi connectivity index (χ0n) is 14.2. The molecule has 130 valence electrons. The number of carbonyl (C=O) groups excluding carboxylic acids is 1. The van der Waals surface area contributed by atoms with Gasteiger partial charge < -0.3 is 19.1 Å². The molecule has 0 aliphatic heterocycles. The number of carbonyl (C=O) groups is 1. The quantitative estimate of drug-likeness (QED) is 0.696. The molecule has 0 unspecified atom stereocenters. The van der Waals surface area contributed by atoms with Crippen LogP contribution in [0, 0.1) is 0 Å². The molecule has 0 spiro atoms. The number of nitrogens with zero attached hydrogens (tertiary/aromatic N) is 2. The lowest BCUT2D eigenvalue weighted by atomic mass is 10.3. The lowest BCUT2D eigenvalue weighted by Gasteiger charge is -2.19. The summed E-state index contributed by atoms with van der Waals surface area (Å²) in [6.45, 7) is 3.45. The number of hydrogen-bond acceptors (Lipinski definition) is 6. The number of ether oxygens (including phenoxy) is 3. The summed E-state index contributed by atoms with van der Waals surface area (Å²) in [5, 5.41) is 2.80. The van der Waals surface area contributed by atoms with Gasteiger partial charge in [0.15, 0.2) is 11.5 Å². The van der Waals surface area contributed by atoms with Crippen molar-refractivity contribution < 1.29 is 19.0 Å². The number of methoxy groups -OCH3 is 2. The predicted molar refractivity (Wildman–Crippen MR) is 92.4 cm³/mol. The Morgan fingerprint density at radius 3 is 2.67 bits per heavy atom. The van der Waals surface area contributed by atoms with Crippen LogP contribution in [0.5, 0.6) is 11.5 Å². The normalized spacial score (nSPS) is 10.5. The number of para-hydroxylation sites is 2. The first-order chi connectivity index (χ1) is 11.6. The van der Waals surface area contributed by atoms with Crippen molar-refractivity contribution in [2.45, 2.75) is 20.1 Å². The van der Waals surface area contributed by atoms with E-state index in [2.05, 4.69) is 4.98 Å². The minimum absolute atomic E-state index is 0.00636. The van der Waals surface area contributed by atoms with Crippen molar-refractivity contribution in [2.75, 3.05) is 27.4 Å². The number of benzene rings is 1. The molecule has 0 saturated heterocycles. The second kappa shape index (κ2) is 9.24. The van der Waals surface area contributed by atoms with E-state index in [4.69, 9.17) is 14.2 Å². The molecule has 0 atom stereocenters. The third-order valence-electron chi connectivity index (χ3n) is 3.38. The van der Waals surface area contributed by atoms with E-state index in [0.29, 0.717) is 37.8 Å². The Balaban J connectivity index is 1.93. The van der Waals surface area contributed by atoms with Crippen LogP contribution in [0.25, 0.3) is 0 Å². The molecule has 6 nitrogen and oxygen atoms in total. The topological polar surface area (TPSA) is 60.9 Å². The number of aromatic nitrogens is 1. The molecule has 0 N–H and O–H groups in total. The van der Waals surface area contributed by atoms with Crippen LogP contribution < -0.4 is 9.47 Å². The molecular weight excluding hydrogens is 328 g/mol. The fourth-order valence-electron chi connectivity index (χ4n) is 2.11. The van der Waals surface area contributed by atoms with Crippen LogP contribution >= 0.6 is 11.3 Å². The van der Waals surface area contributed by atoms with Crippen molar-refractivity contribution in [1.29, 1.82) is 0 Å². The summed E-state index contributed by atoms with van der Waals surface area (Å²) in [6, 6.07) is 7.49. The van der Waals surface area contributed by atoms with Gasteiger partial charge in [-0.3, -0.25) is 4.79 Å². The molecule has 7 heteroatoms. The van der Waals surface area contributed by atoms with Crippen molar-refractivity contribution in [1.82, 2.24) is 9.88 Å². The molecule has 0 saturated carbocycles. The van der Waals surface area contributed by atoms with E-state index in [-0.39, 0.29) is 5.91 Å². The molecule has 2 rings (SSSR count). The summed E-state index contributed by atoms with van der Waals surface area (Å²) in [6.07, 6.45) is 0. The number of thiazole rings is 1. The van der Waals surface area contributed by atoms with Gasteiger partial charge in [0.1, 0.15) is 11.6 Å². The van der Waals surface area contributed by atoms with Gasteiger partial charge in [-0.15, -0.1) is 11.3 Å². The van der Waals surface area contributed by atoms with Gasteiger partial charge in [-0.1, -0.05) is 12.1 Å². The third kappa shape index (κ3) is 5.21. The highest BCUT2D eigenvalue weighted by Crippen LogP contribution is 2.27. The maximum absolute atomic E-state index is 11.6. The molecule has 1 aromatic carbocycles. The van der Waals surface area contributed by atoms with E-state index in [1.54, 1.807) is 26.0 Å². The minimum atomic E-state index is 0.00636. The first-order valence-electron chi connectivity index (χ1n) is 7.57. The minimum Gasteiger partial charge on any atom is -0.493 e. The van der Waals surface area contributed by atoms with E-state index in [0.717, 1.165) is 10.7 Å². The summed E-state index contributed by atoms with van der Waals surface area (Å²) in [4.78, 5) is 17.9. The van der Waals surface area contributed by atoms with Crippen LogP contribution in [0.15, 0.2) is 29.6 Å². The molecule has 0 fully saturated rings. The Labute approximate surface area is 146 Å². The second-order valence-electron chi connectivity index (χ2n) is 5.11. The molecule has 2 aromatic rings. The van der Waals surface area contributed by atoms with Gasteiger partial charge in [0.2, 0.25) is 5.91 Å². The van der Waals surface area contributed by atoms with E-state index >= 15 is 0 Å². The second-order valence-corrected chi connectivity index (χ2v) is 6.05. The van der Waals surface area contributed by atoms with Crippen molar-refractivity contribution in [3.05, 3.63) is 40.3 Å². The van der Waals surface area contributed by atoms with Gasteiger partial charge in [0.25, 0.3) is 0 Å². The van der Waals surface area contributed by atoms with Crippen LogP contribution in [0.4, 0.5) is 0 Å². The number of amides is 1. The first kappa shape index (κ1) is 18.2. The standard InChI is InChI=1S/C17H22N2O4S/c1-13(20)19(8-9-21-2)10-14-12-24-17(18-14)11-23-16-7-5-4-6-15(16)22-3/h4-7,12H,8-11H2,1-3H3. The summed E-state index contributed by atoms with van der Waals surface area (Å²) in [5.41, 5.74) is 0.852. The molecule has 0 bridgehead atoms. The lowest BCUT2D eigenvalue weighted by molar-refractivity contribution is -0.130. The van der Waals surface area contributed by atoms with Crippen molar-refractivity contribution in [3.63, 3.8) is 0 Å². The highest BCUT2D eigenvalue weighted by Gasteiger charge is 2.12. The molecule has 24 heavy (non-hydrogen) atoms. The van der Waals surface area contributed by atoms with Crippen molar-refractivity contribution >= 4 is 17.2 Å². The average Bonchev–Trinajstić information content (AvgIpc) is 3.04. The molecule has 0 aliphatic rings. The Bertz CT molecular complexity index is 660. The Hall–Kier alpha value is -2.12. The van der Waals surface area contributed by atoms with Gasteiger partial charge in [-0.2, -0.15) is 0 Å². The van der Waals surface area contributed by atoms with E-state index in [9.17, 15) is 4.79 Å². The molecular formula is C17H22N2O4S. The largest absolute Gasteiger partial charge is 0.493 e. The SMILES string of the molecule is COCCN(Cc1csc(COc2ccccc2OC)n1)C(C)=O. The Morgan fingerprint density at radius 1 is 1.25 bits per heavy atom. The third-order valence-corrected chi connectivity index (χ3v) is 4.25. The van der Waals surface area contributed by atoms with Gasteiger partial charge in [-0.05, 0) is 12.1 Å². The molecule has 1 amide bonds. The summed E-state index contributed by atoms with van der Waals surface area (Å²) >= 11 is 1.51. The van der Waals surface area contributed by atoms with Crippen LogP contribution in [0.3, 0.4) is 0 Å². The molecule has 1 heterocycles. The van der Waals surface area contributed by atoms with Crippen molar-refractivity contribution in [2.24, 2.45) is 0 Å². The van der Waals surface area contributed by atoms with Crippen LogP contribution in [0.2, 0.25) is 0 Å². The van der Waals surface area contributed by atoms with Crippen molar-refractivity contribution in [3.8, 4) is 11.5 Å². The zero-order valence-corrected chi connectivity index (χ0v) is 15.0. The highest BCUT2D eigenvalue weighted by molar-refractivity contribution is 7.09. The smallest absolute Gasteiger partial charge is 0.219 e. The zero-order chi connectivity index (χ0) is 17.4. The first-order valence-corrected chi connectivity index (χ1v) is 8.45. The Kier molecular flexibility index (Phi) is 7.02. The van der Waals surface area contributed by atoms with Gasteiger partial charge >= 0.3 is 0 Å². The number of rotatable bonds is 9. The fraction of sp³-hybridized carbons (Fsp3) is 0.412. The lowest BCUT2D eigenvalue weighted by Crippen LogP contribution is -2.31. The summed E-state index contributed by atoms with van der Waals surface area (Å²) in [5.74, 6) is 1.38. The predicted octanol–water partition coefficient (Wildman–Crippen LogP) is 2.73. The van der Waals surface area contributed by atoms with Crippen LogP contribution in [-0.4, -0.2) is 43.2 Å². The summed E-state index contributed by atoms with van der Waals surface area (Å²) < 4.78 is 16.1.